The molecule has 0 aromatic carbocycles. The molecule has 4 aliphatic rings. The van der Waals surface area contributed by atoms with Gasteiger partial charge in [0.25, 0.3) is 0 Å². The third-order valence-corrected chi connectivity index (χ3v) is 5.80. The quantitative estimate of drug-likeness (QED) is 0.587. The van der Waals surface area contributed by atoms with E-state index in [1.54, 1.807) is 0 Å². The van der Waals surface area contributed by atoms with Crippen LogP contribution in [0.2, 0.25) is 0 Å². The van der Waals surface area contributed by atoms with Crippen LogP contribution in [0.25, 0.3) is 0 Å². The molecular weight excluding hydrogens is 200 g/mol. The summed E-state index contributed by atoms with van der Waals surface area (Å²) < 4.78 is 0.592. The lowest BCUT2D eigenvalue weighted by Crippen LogP contribution is -2.80. The van der Waals surface area contributed by atoms with E-state index in [1.807, 2.05) is 0 Å². The molecule has 4 fully saturated rings. The van der Waals surface area contributed by atoms with Crippen molar-refractivity contribution in [3.63, 3.8) is 0 Å². The Morgan fingerprint density at radius 2 is 2.00 bits per heavy atom. The van der Waals surface area contributed by atoms with Crippen LogP contribution in [-0.4, -0.2) is 4.32 Å². The Balaban J connectivity index is 1.95. The van der Waals surface area contributed by atoms with E-state index in [9.17, 15) is 0 Å². The SMILES string of the molecule is C[C]C12CC3(Br)C1CCCC32. The molecule has 11 heavy (non-hydrogen) atoms. The van der Waals surface area contributed by atoms with Gasteiger partial charge in [-0.15, -0.1) is 0 Å². The lowest BCUT2D eigenvalue weighted by atomic mass is 9.27. The maximum absolute atomic E-state index is 3.91. The number of halogens is 1. The summed E-state index contributed by atoms with van der Waals surface area (Å²) in [6.45, 7) is 2.14. The highest BCUT2D eigenvalue weighted by atomic mass is 79.9. The highest BCUT2D eigenvalue weighted by molar-refractivity contribution is 9.10. The van der Waals surface area contributed by atoms with Crippen LogP contribution in [0.4, 0.5) is 0 Å². The molecule has 2 unspecified atom stereocenters. The fourth-order valence-corrected chi connectivity index (χ4v) is 5.62. The van der Waals surface area contributed by atoms with Crippen molar-refractivity contribution in [1.29, 1.82) is 0 Å². The molecule has 0 saturated heterocycles. The predicted molar refractivity (Wildman–Crippen MR) is 48.5 cm³/mol. The van der Waals surface area contributed by atoms with E-state index >= 15 is 0 Å². The van der Waals surface area contributed by atoms with Gasteiger partial charge in [-0.05, 0) is 42.9 Å². The molecule has 0 aromatic heterocycles. The molecule has 2 atom stereocenters. The van der Waals surface area contributed by atoms with Crippen LogP contribution in [0.15, 0.2) is 0 Å². The van der Waals surface area contributed by atoms with E-state index < -0.39 is 0 Å². The standard InChI is InChI=1S/C10H13Br/c1-2-9-6-10(11)7(9)4-3-5-8(9)10/h7-8H,3-6H2,1H3. The Morgan fingerprint density at radius 3 is 2.36 bits per heavy atom. The molecule has 0 spiro atoms. The van der Waals surface area contributed by atoms with E-state index in [2.05, 4.69) is 29.3 Å². The monoisotopic (exact) mass is 212 g/mol. The second-order valence-corrected chi connectivity index (χ2v) is 5.91. The Labute approximate surface area is 76.9 Å². The number of hydrogen-bond acceptors (Lipinski definition) is 0. The molecule has 4 aliphatic carbocycles. The average Bonchev–Trinajstić information content (AvgIpc) is 2.01. The Bertz CT molecular complexity index is 197. The first kappa shape index (κ1) is 6.94. The molecule has 0 aliphatic heterocycles. The summed E-state index contributed by atoms with van der Waals surface area (Å²) in [4.78, 5) is 0. The van der Waals surface area contributed by atoms with Crippen molar-refractivity contribution in [3.8, 4) is 0 Å². The lowest BCUT2D eigenvalue weighted by molar-refractivity contribution is -0.232. The summed E-state index contributed by atoms with van der Waals surface area (Å²) in [7, 11) is 0. The summed E-state index contributed by atoms with van der Waals surface area (Å²) in [5, 5.41) is 0. The molecule has 4 bridgehead atoms. The van der Waals surface area contributed by atoms with Gasteiger partial charge in [0.1, 0.15) is 0 Å². The van der Waals surface area contributed by atoms with Crippen LogP contribution in [0.3, 0.4) is 0 Å². The second-order valence-electron chi connectivity index (χ2n) is 4.43. The van der Waals surface area contributed by atoms with E-state index in [4.69, 9.17) is 0 Å². The van der Waals surface area contributed by atoms with Crippen molar-refractivity contribution < 1.29 is 0 Å². The molecule has 1 heteroatoms. The minimum atomic E-state index is 0.585. The van der Waals surface area contributed by atoms with Crippen molar-refractivity contribution in [3.05, 3.63) is 6.42 Å². The van der Waals surface area contributed by atoms with Gasteiger partial charge in [-0.1, -0.05) is 29.3 Å². The maximum atomic E-state index is 3.91. The maximum Gasteiger partial charge on any atom is 0.0331 e. The van der Waals surface area contributed by atoms with Gasteiger partial charge in [0.15, 0.2) is 0 Å². The molecule has 0 N–H and O–H groups in total. The van der Waals surface area contributed by atoms with Crippen molar-refractivity contribution in [2.45, 2.75) is 36.9 Å². The molecule has 4 rings (SSSR count). The van der Waals surface area contributed by atoms with E-state index in [1.165, 1.54) is 25.7 Å². The summed E-state index contributed by atoms with van der Waals surface area (Å²) in [5.74, 6) is 1.91. The van der Waals surface area contributed by atoms with Crippen LogP contribution in [-0.2, 0) is 0 Å². The zero-order chi connectivity index (χ0) is 7.69. The summed E-state index contributed by atoms with van der Waals surface area (Å²) in [5.41, 5.74) is 0.585. The van der Waals surface area contributed by atoms with Gasteiger partial charge in [-0.3, -0.25) is 0 Å². The molecule has 0 aromatic rings. The van der Waals surface area contributed by atoms with Crippen LogP contribution < -0.4 is 0 Å². The molecule has 60 valence electrons. The third kappa shape index (κ3) is 0.484. The topological polar surface area (TPSA) is 0 Å². The number of hydrogen-bond donors (Lipinski definition) is 0. The highest BCUT2D eigenvalue weighted by Gasteiger charge is 2.80. The Hall–Kier alpha value is 0.480. The lowest BCUT2D eigenvalue weighted by Gasteiger charge is -2.82. The molecular formula is C10H13Br. The largest absolute Gasteiger partial charge is 0.0847 e. The van der Waals surface area contributed by atoms with Crippen LogP contribution in [0, 0.1) is 23.7 Å². The van der Waals surface area contributed by atoms with E-state index in [0.29, 0.717) is 9.74 Å². The second kappa shape index (κ2) is 1.71. The fourth-order valence-electron chi connectivity index (χ4n) is 3.88. The first-order chi connectivity index (χ1) is 5.24. The molecule has 0 amide bonds. The highest BCUT2D eigenvalue weighted by Crippen LogP contribution is 2.84. The molecule has 4 saturated carbocycles. The van der Waals surface area contributed by atoms with Crippen LogP contribution in [0.1, 0.15) is 32.6 Å². The van der Waals surface area contributed by atoms with Crippen molar-refractivity contribution in [2.24, 2.45) is 17.3 Å². The zero-order valence-electron chi connectivity index (χ0n) is 6.86. The van der Waals surface area contributed by atoms with Gasteiger partial charge in [0.2, 0.25) is 0 Å². The van der Waals surface area contributed by atoms with E-state index in [0.717, 1.165) is 11.8 Å². The van der Waals surface area contributed by atoms with Crippen LogP contribution in [0.5, 0.6) is 0 Å². The van der Waals surface area contributed by atoms with Gasteiger partial charge in [-0.2, -0.15) is 0 Å². The van der Waals surface area contributed by atoms with Crippen molar-refractivity contribution >= 4 is 15.9 Å². The number of rotatable bonds is 1. The first-order valence-electron chi connectivity index (χ1n) is 4.62. The third-order valence-electron chi connectivity index (χ3n) is 4.42. The minimum absolute atomic E-state index is 0.585. The van der Waals surface area contributed by atoms with Gasteiger partial charge in [0, 0.05) is 4.32 Å². The molecule has 0 nitrogen and oxygen atoms in total. The zero-order valence-corrected chi connectivity index (χ0v) is 8.45. The fraction of sp³-hybridized carbons (Fsp3) is 0.900. The minimum Gasteiger partial charge on any atom is -0.0847 e. The molecule has 0 heterocycles. The van der Waals surface area contributed by atoms with Gasteiger partial charge in [0.05, 0.1) is 0 Å². The summed E-state index contributed by atoms with van der Waals surface area (Å²) >= 11 is 3.91. The normalized spacial score (nSPS) is 64.9. The molecule has 2 radical (unpaired) electrons. The van der Waals surface area contributed by atoms with Gasteiger partial charge < -0.3 is 0 Å². The summed E-state index contributed by atoms with van der Waals surface area (Å²) in [6, 6.07) is 0. The van der Waals surface area contributed by atoms with Crippen molar-refractivity contribution in [2.75, 3.05) is 0 Å². The van der Waals surface area contributed by atoms with Gasteiger partial charge in [-0.25, -0.2) is 0 Å². The smallest absolute Gasteiger partial charge is 0.0331 e. The Morgan fingerprint density at radius 1 is 1.36 bits per heavy atom. The first-order valence-corrected chi connectivity index (χ1v) is 5.41. The predicted octanol–water partition coefficient (Wildman–Crippen LogP) is 3.04. The summed E-state index contributed by atoms with van der Waals surface area (Å²) in [6.07, 6.45) is 9.28. The average molecular weight is 213 g/mol. The Kier molecular flexibility index (Phi) is 1.08. The number of alkyl halides is 1. The van der Waals surface area contributed by atoms with Crippen LogP contribution >= 0.6 is 15.9 Å². The van der Waals surface area contributed by atoms with E-state index in [-0.39, 0.29) is 0 Å². The van der Waals surface area contributed by atoms with Gasteiger partial charge >= 0.3 is 0 Å². The van der Waals surface area contributed by atoms with Crippen molar-refractivity contribution in [1.82, 2.24) is 0 Å².